The SMILES string of the molecule is N#C/C(=C/c1cc(Br)c(OCc2ccc([N+](=O)[O-])cc2)c(Br)c1)C(=O)Nc1ccccc1F. The van der Waals surface area contributed by atoms with E-state index in [-0.39, 0.29) is 23.6 Å². The molecule has 0 heterocycles. The van der Waals surface area contributed by atoms with Crippen LogP contribution in [0, 0.1) is 27.3 Å². The molecule has 0 aromatic heterocycles. The average Bonchev–Trinajstić information content (AvgIpc) is 2.78. The number of nitro groups is 1. The third-order valence-corrected chi connectivity index (χ3v) is 5.53. The summed E-state index contributed by atoms with van der Waals surface area (Å²) < 4.78 is 20.7. The minimum absolute atomic E-state index is 0.00964. The van der Waals surface area contributed by atoms with E-state index in [1.807, 2.05) is 6.07 Å². The number of nitrogens with one attached hydrogen (secondary N) is 1. The predicted octanol–water partition coefficient (Wildman–Crippen LogP) is 6.38. The van der Waals surface area contributed by atoms with Gasteiger partial charge in [-0.15, -0.1) is 0 Å². The van der Waals surface area contributed by atoms with Crippen LogP contribution < -0.4 is 10.1 Å². The number of para-hydroxylation sites is 1. The lowest BCUT2D eigenvalue weighted by molar-refractivity contribution is -0.384. The van der Waals surface area contributed by atoms with Crippen LogP contribution in [0.25, 0.3) is 6.08 Å². The van der Waals surface area contributed by atoms with Crippen LogP contribution in [0.1, 0.15) is 11.1 Å². The monoisotopic (exact) mass is 573 g/mol. The predicted molar refractivity (Wildman–Crippen MR) is 128 cm³/mol. The van der Waals surface area contributed by atoms with Crippen LogP contribution in [0.4, 0.5) is 15.8 Å². The van der Waals surface area contributed by atoms with E-state index in [1.54, 1.807) is 30.3 Å². The van der Waals surface area contributed by atoms with E-state index in [1.165, 1.54) is 36.4 Å². The average molecular weight is 575 g/mol. The van der Waals surface area contributed by atoms with Crippen molar-refractivity contribution in [2.75, 3.05) is 5.32 Å². The summed E-state index contributed by atoms with van der Waals surface area (Å²) in [5.41, 5.74) is 1.01. The van der Waals surface area contributed by atoms with Gasteiger partial charge < -0.3 is 10.1 Å². The Morgan fingerprint density at radius 3 is 2.36 bits per heavy atom. The second-order valence-corrected chi connectivity index (χ2v) is 8.34. The number of carbonyl (C=O) groups excluding carboxylic acids is 1. The third-order valence-electron chi connectivity index (χ3n) is 4.35. The highest BCUT2D eigenvalue weighted by Crippen LogP contribution is 2.36. The zero-order valence-corrected chi connectivity index (χ0v) is 19.9. The van der Waals surface area contributed by atoms with Gasteiger partial charge in [0.1, 0.15) is 29.8 Å². The first kappa shape index (κ1) is 24.1. The van der Waals surface area contributed by atoms with Gasteiger partial charge in [0, 0.05) is 12.1 Å². The van der Waals surface area contributed by atoms with Crippen molar-refractivity contribution in [3.8, 4) is 11.8 Å². The van der Waals surface area contributed by atoms with Crippen LogP contribution in [0.15, 0.2) is 75.2 Å². The van der Waals surface area contributed by atoms with Crippen LogP contribution in [0.2, 0.25) is 0 Å². The van der Waals surface area contributed by atoms with Gasteiger partial charge in [-0.1, -0.05) is 12.1 Å². The number of anilines is 1. The Labute approximate surface area is 204 Å². The quantitative estimate of drug-likeness (QED) is 0.152. The number of ether oxygens (including phenoxy) is 1. The second-order valence-electron chi connectivity index (χ2n) is 6.63. The van der Waals surface area contributed by atoms with Crippen LogP contribution >= 0.6 is 31.9 Å². The van der Waals surface area contributed by atoms with Gasteiger partial charge in [-0.25, -0.2) is 4.39 Å². The largest absolute Gasteiger partial charge is 0.487 e. The van der Waals surface area contributed by atoms with Crippen molar-refractivity contribution in [2.24, 2.45) is 0 Å². The Morgan fingerprint density at radius 2 is 1.79 bits per heavy atom. The van der Waals surface area contributed by atoms with Gasteiger partial charge in [-0.05, 0) is 85.5 Å². The molecule has 33 heavy (non-hydrogen) atoms. The maximum Gasteiger partial charge on any atom is 0.269 e. The molecule has 0 aliphatic heterocycles. The van der Waals surface area contributed by atoms with Crippen molar-refractivity contribution < 1.29 is 18.8 Å². The van der Waals surface area contributed by atoms with Gasteiger partial charge in [0.25, 0.3) is 11.6 Å². The molecule has 1 N–H and O–H groups in total. The summed E-state index contributed by atoms with van der Waals surface area (Å²) >= 11 is 6.82. The molecule has 0 aliphatic rings. The molecule has 3 aromatic rings. The summed E-state index contributed by atoms with van der Waals surface area (Å²) in [6, 6.07) is 16.8. The van der Waals surface area contributed by atoms with Gasteiger partial charge in [0.15, 0.2) is 0 Å². The number of nitro benzene ring substituents is 1. The molecule has 166 valence electrons. The summed E-state index contributed by atoms with van der Waals surface area (Å²) in [5.74, 6) is -0.878. The van der Waals surface area contributed by atoms with Crippen molar-refractivity contribution in [2.45, 2.75) is 6.61 Å². The summed E-state index contributed by atoms with van der Waals surface area (Å²) in [6.07, 6.45) is 1.37. The summed E-state index contributed by atoms with van der Waals surface area (Å²) in [5, 5.41) is 22.5. The van der Waals surface area contributed by atoms with Gasteiger partial charge in [-0.2, -0.15) is 5.26 Å². The third kappa shape index (κ3) is 6.25. The Bertz CT molecular complexity index is 1260. The maximum absolute atomic E-state index is 13.8. The molecule has 3 aromatic carbocycles. The molecule has 0 aliphatic carbocycles. The zero-order valence-electron chi connectivity index (χ0n) is 16.7. The number of hydrogen-bond donors (Lipinski definition) is 1. The Morgan fingerprint density at radius 1 is 1.15 bits per heavy atom. The molecule has 7 nitrogen and oxygen atoms in total. The van der Waals surface area contributed by atoms with Crippen LogP contribution in [0.5, 0.6) is 5.75 Å². The highest BCUT2D eigenvalue weighted by molar-refractivity contribution is 9.11. The highest BCUT2D eigenvalue weighted by Gasteiger charge is 2.14. The Balaban J connectivity index is 1.75. The summed E-state index contributed by atoms with van der Waals surface area (Å²) in [4.78, 5) is 22.7. The van der Waals surface area contributed by atoms with E-state index >= 15 is 0 Å². The van der Waals surface area contributed by atoms with Crippen molar-refractivity contribution in [3.05, 3.63) is 102 Å². The number of hydrogen-bond acceptors (Lipinski definition) is 5. The van der Waals surface area contributed by atoms with E-state index in [4.69, 9.17) is 4.74 Å². The number of rotatable bonds is 7. The number of nitrogens with zero attached hydrogens (tertiary/aromatic N) is 2. The lowest BCUT2D eigenvalue weighted by Gasteiger charge is -2.12. The van der Waals surface area contributed by atoms with Crippen molar-refractivity contribution in [3.63, 3.8) is 0 Å². The fourth-order valence-electron chi connectivity index (χ4n) is 2.74. The minimum Gasteiger partial charge on any atom is -0.487 e. The number of carbonyl (C=O) groups is 1. The lowest BCUT2D eigenvalue weighted by atomic mass is 10.1. The van der Waals surface area contributed by atoms with Gasteiger partial charge >= 0.3 is 0 Å². The molecule has 10 heteroatoms. The van der Waals surface area contributed by atoms with Crippen molar-refractivity contribution in [1.82, 2.24) is 0 Å². The normalized spacial score (nSPS) is 10.9. The Hall–Kier alpha value is -3.55. The van der Waals surface area contributed by atoms with E-state index < -0.39 is 16.6 Å². The second kappa shape index (κ2) is 10.8. The molecule has 0 fully saturated rings. The number of non-ortho nitro benzene ring substituents is 1. The Kier molecular flexibility index (Phi) is 7.92. The molecule has 0 bridgehead atoms. The number of halogens is 3. The van der Waals surface area contributed by atoms with E-state index in [0.29, 0.717) is 20.3 Å². The first-order chi connectivity index (χ1) is 15.8. The molecule has 0 unspecified atom stereocenters. The van der Waals surface area contributed by atoms with Gasteiger partial charge in [-0.3, -0.25) is 14.9 Å². The molecule has 0 saturated carbocycles. The van der Waals surface area contributed by atoms with Crippen LogP contribution in [-0.2, 0) is 11.4 Å². The number of amides is 1. The number of benzene rings is 3. The van der Waals surface area contributed by atoms with Crippen LogP contribution in [-0.4, -0.2) is 10.8 Å². The molecule has 1 amide bonds. The fourth-order valence-corrected chi connectivity index (χ4v) is 4.19. The number of nitriles is 1. The molecule has 0 spiro atoms. The lowest BCUT2D eigenvalue weighted by Crippen LogP contribution is -2.14. The molecule has 3 rings (SSSR count). The molecule has 0 saturated heterocycles. The van der Waals surface area contributed by atoms with E-state index in [2.05, 4.69) is 37.2 Å². The van der Waals surface area contributed by atoms with Crippen LogP contribution in [0.3, 0.4) is 0 Å². The fraction of sp³-hybridized carbons (Fsp3) is 0.0435. The smallest absolute Gasteiger partial charge is 0.269 e. The first-order valence-electron chi connectivity index (χ1n) is 9.31. The molecular formula is C23H14Br2FN3O4. The molecule has 0 atom stereocenters. The highest BCUT2D eigenvalue weighted by atomic mass is 79.9. The molecular weight excluding hydrogens is 561 g/mol. The van der Waals surface area contributed by atoms with E-state index in [9.17, 15) is 24.6 Å². The van der Waals surface area contributed by atoms with Gasteiger partial charge in [0.05, 0.1) is 19.6 Å². The van der Waals surface area contributed by atoms with Crippen molar-refractivity contribution >= 4 is 55.2 Å². The molecule has 0 radical (unpaired) electrons. The first-order valence-corrected chi connectivity index (χ1v) is 10.9. The van der Waals surface area contributed by atoms with Gasteiger partial charge in [0.2, 0.25) is 0 Å². The topological polar surface area (TPSA) is 105 Å². The maximum atomic E-state index is 13.8. The standard InChI is InChI=1S/C23H14Br2FN3O4/c24-18-10-15(9-16(12-27)23(30)28-21-4-2-1-3-20(21)26)11-19(25)22(18)33-13-14-5-7-17(8-6-14)29(31)32/h1-11H,13H2,(H,28,30)/b16-9-. The zero-order chi connectivity index (χ0) is 24.0. The summed E-state index contributed by atoms with van der Waals surface area (Å²) in [7, 11) is 0. The van der Waals surface area contributed by atoms with Crippen molar-refractivity contribution in [1.29, 1.82) is 5.26 Å². The van der Waals surface area contributed by atoms with E-state index in [0.717, 1.165) is 5.56 Å². The summed E-state index contributed by atoms with van der Waals surface area (Å²) in [6.45, 7) is 0.166. The minimum atomic E-state index is -0.742.